The number of methoxy groups -OCH3 is 1. The monoisotopic (exact) mass is 288 g/mol. The number of hydrogen-bond donors (Lipinski definition) is 1. The maximum absolute atomic E-state index is 5.31. The fraction of sp³-hybridized carbons (Fsp3) is 0.200. The fourth-order valence-electron chi connectivity index (χ4n) is 1.38. The smallest absolute Gasteiger partial charge is 0.137 e. The molecule has 2 aromatic rings. The lowest BCUT2D eigenvalue weighted by molar-refractivity contribution is 0.419. The Bertz CT molecular complexity index is 464. The molecule has 1 aromatic heterocycles. The van der Waals surface area contributed by atoms with Crippen LogP contribution >= 0.6 is 39.9 Å². The molecule has 0 fully saturated rings. The Morgan fingerprint density at radius 1 is 1.43 bits per heavy atom. The molecule has 0 aliphatic carbocycles. The number of thiophene rings is 1. The van der Waals surface area contributed by atoms with Crippen molar-refractivity contribution in [3.63, 3.8) is 0 Å². The van der Waals surface area contributed by atoms with E-state index < -0.39 is 0 Å². The quantitative estimate of drug-likeness (QED) is 0.647. The van der Waals surface area contributed by atoms with E-state index in [0.29, 0.717) is 0 Å². The molecule has 0 bridgehead atoms. The van der Waals surface area contributed by atoms with Crippen LogP contribution in [0, 0.1) is 0 Å². The minimum atomic E-state index is 0.886. The van der Waals surface area contributed by atoms with E-state index in [4.69, 9.17) is 4.74 Å². The third-order valence-electron chi connectivity index (χ3n) is 1.97. The zero-order valence-corrected chi connectivity index (χ0v) is 10.9. The number of thiol groups is 1. The summed E-state index contributed by atoms with van der Waals surface area (Å²) in [5.74, 6) is 0.907. The molecule has 0 saturated carbocycles. The van der Waals surface area contributed by atoms with Gasteiger partial charge in [0.1, 0.15) is 5.75 Å². The van der Waals surface area contributed by atoms with Gasteiger partial charge >= 0.3 is 0 Å². The summed E-state index contributed by atoms with van der Waals surface area (Å²) in [6, 6.07) is 6.17. The summed E-state index contributed by atoms with van der Waals surface area (Å²) in [7, 11) is 1.69. The van der Waals surface area contributed by atoms with E-state index in [2.05, 4.69) is 40.7 Å². The SMILES string of the molecule is COc1cc(S)cc2cc(CBr)sc12. The Kier molecular flexibility index (Phi) is 3.04. The van der Waals surface area contributed by atoms with Gasteiger partial charge in [-0.2, -0.15) is 0 Å². The van der Waals surface area contributed by atoms with Crippen LogP contribution in [0.2, 0.25) is 0 Å². The summed E-state index contributed by atoms with van der Waals surface area (Å²) >= 11 is 9.54. The van der Waals surface area contributed by atoms with Crippen LogP contribution in [-0.4, -0.2) is 7.11 Å². The molecule has 0 aliphatic heterocycles. The van der Waals surface area contributed by atoms with Crippen molar-refractivity contribution in [2.24, 2.45) is 0 Å². The highest BCUT2D eigenvalue weighted by atomic mass is 79.9. The van der Waals surface area contributed by atoms with E-state index in [1.165, 1.54) is 15.0 Å². The van der Waals surface area contributed by atoms with Gasteiger partial charge in [0.15, 0.2) is 0 Å². The topological polar surface area (TPSA) is 9.23 Å². The molecule has 0 amide bonds. The predicted octanol–water partition coefficient (Wildman–Crippen LogP) is 4.09. The number of benzene rings is 1. The molecule has 0 N–H and O–H groups in total. The minimum Gasteiger partial charge on any atom is -0.495 e. The first-order valence-electron chi connectivity index (χ1n) is 4.10. The van der Waals surface area contributed by atoms with Gasteiger partial charge in [-0.05, 0) is 23.6 Å². The van der Waals surface area contributed by atoms with Crippen molar-refractivity contribution in [3.8, 4) is 5.75 Å². The van der Waals surface area contributed by atoms with Crippen LogP contribution in [0.4, 0.5) is 0 Å². The first kappa shape index (κ1) is 10.3. The van der Waals surface area contributed by atoms with Gasteiger partial charge in [0.05, 0.1) is 11.8 Å². The van der Waals surface area contributed by atoms with Gasteiger partial charge in [-0.3, -0.25) is 0 Å². The highest BCUT2D eigenvalue weighted by Crippen LogP contribution is 2.36. The Labute approximate surface area is 101 Å². The number of hydrogen-bond acceptors (Lipinski definition) is 3. The van der Waals surface area contributed by atoms with E-state index in [0.717, 1.165) is 16.0 Å². The van der Waals surface area contributed by atoms with Gasteiger partial charge in [-0.15, -0.1) is 24.0 Å². The van der Waals surface area contributed by atoms with Crippen molar-refractivity contribution in [1.29, 1.82) is 0 Å². The molecule has 1 aromatic carbocycles. The molecule has 4 heteroatoms. The molecule has 14 heavy (non-hydrogen) atoms. The van der Waals surface area contributed by atoms with E-state index in [9.17, 15) is 0 Å². The molecular formula is C10H9BrOS2. The average molecular weight is 289 g/mol. The van der Waals surface area contributed by atoms with Gasteiger partial charge in [-0.1, -0.05) is 15.9 Å². The molecule has 2 rings (SSSR count). The number of halogens is 1. The third kappa shape index (κ3) is 1.78. The van der Waals surface area contributed by atoms with Crippen LogP contribution in [0.5, 0.6) is 5.75 Å². The molecular weight excluding hydrogens is 280 g/mol. The number of rotatable bonds is 2. The average Bonchev–Trinajstić information content (AvgIpc) is 2.59. The van der Waals surface area contributed by atoms with Gasteiger partial charge in [0.25, 0.3) is 0 Å². The zero-order valence-electron chi connectivity index (χ0n) is 7.58. The van der Waals surface area contributed by atoms with Gasteiger partial charge in [0, 0.05) is 15.1 Å². The molecule has 0 atom stereocenters. The summed E-state index contributed by atoms with van der Waals surface area (Å²) in [5, 5.41) is 2.09. The lowest BCUT2D eigenvalue weighted by Gasteiger charge is -2.01. The van der Waals surface area contributed by atoms with Crippen molar-refractivity contribution >= 4 is 50.0 Å². The second kappa shape index (κ2) is 4.13. The Balaban J connectivity index is 2.71. The van der Waals surface area contributed by atoms with Crippen molar-refractivity contribution < 1.29 is 4.74 Å². The molecule has 0 unspecified atom stereocenters. The maximum Gasteiger partial charge on any atom is 0.137 e. The Morgan fingerprint density at radius 3 is 2.86 bits per heavy atom. The van der Waals surface area contributed by atoms with E-state index in [1.807, 2.05) is 6.07 Å². The standard InChI is InChI=1S/C10H9BrOS2/c1-12-9-4-7(13)2-6-3-8(5-11)14-10(6)9/h2-4,13H,5H2,1H3. The van der Waals surface area contributed by atoms with Crippen LogP contribution in [0.15, 0.2) is 23.1 Å². The summed E-state index contributed by atoms with van der Waals surface area (Å²) in [5.41, 5.74) is 0. The summed E-state index contributed by atoms with van der Waals surface area (Å²) in [6.45, 7) is 0. The molecule has 0 saturated heterocycles. The number of ether oxygens (including phenoxy) is 1. The highest BCUT2D eigenvalue weighted by Gasteiger charge is 2.07. The second-order valence-electron chi connectivity index (χ2n) is 2.91. The third-order valence-corrected chi connectivity index (χ3v) is 4.37. The van der Waals surface area contributed by atoms with Crippen LogP contribution in [0.1, 0.15) is 4.88 Å². The lowest BCUT2D eigenvalue weighted by Crippen LogP contribution is -1.82. The van der Waals surface area contributed by atoms with Gasteiger partial charge in [-0.25, -0.2) is 0 Å². The van der Waals surface area contributed by atoms with Crippen LogP contribution < -0.4 is 4.74 Å². The fourth-order valence-corrected chi connectivity index (χ4v) is 3.12. The van der Waals surface area contributed by atoms with Crippen molar-refractivity contribution in [2.75, 3.05) is 7.11 Å². The van der Waals surface area contributed by atoms with E-state index >= 15 is 0 Å². The summed E-state index contributed by atoms with van der Waals surface area (Å²) < 4.78 is 6.51. The number of fused-ring (bicyclic) bond motifs is 1. The van der Waals surface area contributed by atoms with E-state index in [1.54, 1.807) is 18.4 Å². The summed E-state index contributed by atoms with van der Waals surface area (Å²) in [4.78, 5) is 2.24. The molecule has 0 spiro atoms. The molecule has 1 heterocycles. The predicted molar refractivity (Wildman–Crippen MR) is 68.3 cm³/mol. The maximum atomic E-state index is 5.31. The van der Waals surface area contributed by atoms with Crippen LogP contribution in [0.3, 0.4) is 0 Å². The highest BCUT2D eigenvalue weighted by molar-refractivity contribution is 9.08. The van der Waals surface area contributed by atoms with Crippen molar-refractivity contribution in [2.45, 2.75) is 10.2 Å². The van der Waals surface area contributed by atoms with E-state index in [-0.39, 0.29) is 0 Å². The second-order valence-corrected chi connectivity index (χ2v) is 5.13. The normalized spacial score (nSPS) is 10.8. The molecule has 74 valence electrons. The summed E-state index contributed by atoms with van der Waals surface area (Å²) in [6.07, 6.45) is 0. The largest absolute Gasteiger partial charge is 0.495 e. The lowest BCUT2D eigenvalue weighted by atomic mass is 10.2. The molecule has 0 radical (unpaired) electrons. The van der Waals surface area contributed by atoms with Crippen LogP contribution in [-0.2, 0) is 5.33 Å². The molecule has 1 nitrogen and oxygen atoms in total. The van der Waals surface area contributed by atoms with Gasteiger partial charge < -0.3 is 4.74 Å². The Morgan fingerprint density at radius 2 is 2.21 bits per heavy atom. The molecule has 0 aliphatic rings. The van der Waals surface area contributed by atoms with Crippen molar-refractivity contribution in [3.05, 3.63) is 23.1 Å². The first-order valence-corrected chi connectivity index (χ1v) is 6.48. The van der Waals surface area contributed by atoms with Crippen molar-refractivity contribution in [1.82, 2.24) is 0 Å². The first-order chi connectivity index (χ1) is 6.74. The number of alkyl halides is 1. The van der Waals surface area contributed by atoms with Gasteiger partial charge in [0.2, 0.25) is 0 Å². The Hall–Kier alpha value is -0.190. The van der Waals surface area contributed by atoms with Crippen LogP contribution in [0.25, 0.3) is 10.1 Å². The minimum absolute atomic E-state index is 0.886. The zero-order chi connectivity index (χ0) is 10.1.